The number of benzene rings is 1. The second kappa shape index (κ2) is 5.56. The average Bonchev–Trinajstić information content (AvgIpc) is 2.35. The van der Waals surface area contributed by atoms with Gasteiger partial charge in [0.15, 0.2) is 0 Å². The molecular formula is C12H11NO3. The fourth-order valence-corrected chi connectivity index (χ4v) is 1.14. The highest BCUT2D eigenvalue weighted by Crippen LogP contribution is 2.15. The summed E-state index contributed by atoms with van der Waals surface area (Å²) in [5.41, 5.74) is 0.664. The molecule has 0 radical (unpaired) electrons. The maximum Gasteiger partial charge on any atom is 0.348 e. The van der Waals surface area contributed by atoms with Gasteiger partial charge in [0.05, 0.1) is 14.2 Å². The summed E-state index contributed by atoms with van der Waals surface area (Å²) in [6, 6.07) is 8.83. The zero-order valence-corrected chi connectivity index (χ0v) is 9.06. The number of carbonyl (C=O) groups is 1. The van der Waals surface area contributed by atoms with E-state index in [-0.39, 0.29) is 5.57 Å². The molecule has 0 N–H and O–H groups in total. The van der Waals surface area contributed by atoms with E-state index in [0.29, 0.717) is 11.3 Å². The van der Waals surface area contributed by atoms with Gasteiger partial charge in [-0.3, -0.25) is 0 Å². The second-order valence-electron chi connectivity index (χ2n) is 2.94. The van der Waals surface area contributed by atoms with Gasteiger partial charge >= 0.3 is 5.97 Å². The number of nitrogens with zero attached hydrogens (tertiary/aromatic N) is 1. The zero-order valence-electron chi connectivity index (χ0n) is 9.06. The van der Waals surface area contributed by atoms with Crippen molar-refractivity contribution in [2.24, 2.45) is 0 Å². The minimum atomic E-state index is -0.648. The summed E-state index contributed by atoms with van der Waals surface area (Å²) in [6.45, 7) is 0. The summed E-state index contributed by atoms with van der Waals surface area (Å²) < 4.78 is 9.50. The van der Waals surface area contributed by atoms with E-state index < -0.39 is 5.97 Å². The molecule has 0 fully saturated rings. The van der Waals surface area contributed by atoms with E-state index in [4.69, 9.17) is 10.00 Å². The summed E-state index contributed by atoms with van der Waals surface area (Å²) in [4.78, 5) is 11.2. The van der Waals surface area contributed by atoms with Crippen molar-refractivity contribution in [2.75, 3.05) is 14.2 Å². The molecular weight excluding hydrogens is 206 g/mol. The van der Waals surface area contributed by atoms with Crippen LogP contribution in [-0.2, 0) is 9.53 Å². The van der Waals surface area contributed by atoms with Crippen molar-refractivity contribution < 1.29 is 14.3 Å². The van der Waals surface area contributed by atoms with Crippen molar-refractivity contribution in [2.45, 2.75) is 0 Å². The molecule has 1 aromatic rings. The van der Waals surface area contributed by atoms with Crippen molar-refractivity contribution in [3.63, 3.8) is 0 Å². The van der Waals surface area contributed by atoms with Crippen LogP contribution in [-0.4, -0.2) is 20.2 Å². The zero-order chi connectivity index (χ0) is 12.0. The topological polar surface area (TPSA) is 59.3 Å². The van der Waals surface area contributed by atoms with Gasteiger partial charge in [0.25, 0.3) is 0 Å². The Kier molecular flexibility index (Phi) is 4.10. The van der Waals surface area contributed by atoms with Crippen molar-refractivity contribution >= 4 is 12.0 Å². The molecule has 0 aliphatic rings. The molecule has 0 amide bonds. The summed E-state index contributed by atoms with van der Waals surface area (Å²) in [6.07, 6.45) is 1.45. The first-order chi connectivity index (χ1) is 7.71. The number of nitriles is 1. The first-order valence-electron chi connectivity index (χ1n) is 4.55. The highest BCUT2D eigenvalue weighted by Gasteiger charge is 2.08. The lowest BCUT2D eigenvalue weighted by atomic mass is 10.1. The van der Waals surface area contributed by atoms with Crippen LogP contribution in [0.15, 0.2) is 29.8 Å². The van der Waals surface area contributed by atoms with Gasteiger partial charge < -0.3 is 9.47 Å². The smallest absolute Gasteiger partial charge is 0.348 e. The molecule has 0 saturated carbocycles. The Balaban J connectivity index is 3.05. The third kappa shape index (κ3) is 2.85. The lowest BCUT2D eigenvalue weighted by Crippen LogP contribution is -2.02. The SMILES string of the molecule is COC(=O)/C(C#N)=C\c1cccc(OC)c1. The molecule has 82 valence electrons. The van der Waals surface area contributed by atoms with Crippen molar-refractivity contribution in [1.82, 2.24) is 0 Å². The highest BCUT2D eigenvalue weighted by atomic mass is 16.5. The summed E-state index contributed by atoms with van der Waals surface area (Å²) in [7, 11) is 2.79. The van der Waals surface area contributed by atoms with E-state index in [2.05, 4.69) is 4.74 Å². The van der Waals surface area contributed by atoms with Crippen LogP contribution in [0.1, 0.15) is 5.56 Å². The van der Waals surface area contributed by atoms with Crippen LogP contribution in [0.3, 0.4) is 0 Å². The summed E-state index contributed by atoms with van der Waals surface area (Å²) >= 11 is 0. The van der Waals surface area contributed by atoms with E-state index >= 15 is 0 Å². The van der Waals surface area contributed by atoms with E-state index in [0.717, 1.165) is 0 Å². The number of hydrogen-bond acceptors (Lipinski definition) is 4. The van der Waals surface area contributed by atoms with Gasteiger partial charge in [-0.15, -0.1) is 0 Å². The average molecular weight is 217 g/mol. The van der Waals surface area contributed by atoms with Crippen LogP contribution in [0.4, 0.5) is 0 Å². The van der Waals surface area contributed by atoms with Gasteiger partial charge in [0.1, 0.15) is 17.4 Å². The van der Waals surface area contributed by atoms with Crippen molar-refractivity contribution in [3.05, 3.63) is 35.4 Å². The third-order valence-corrected chi connectivity index (χ3v) is 1.93. The van der Waals surface area contributed by atoms with Gasteiger partial charge in [-0.05, 0) is 23.8 Å². The Morgan fingerprint density at radius 3 is 2.75 bits per heavy atom. The van der Waals surface area contributed by atoms with Crippen LogP contribution < -0.4 is 4.74 Å². The van der Waals surface area contributed by atoms with Crippen LogP contribution in [0.2, 0.25) is 0 Å². The summed E-state index contributed by atoms with van der Waals surface area (Å²) in [5, 5.41) is 8.76. The van der Waals surface area contributed by atoms with Crippen molar-refractivity contribution in [1.29, 1.82) is 5.26 Å². The molecule has 0 aliphatic carbocycles. The molecule has 1 aromatic carbocycles. The number of methoxy groups -OCH3 is 2. The van der Waals surface area contributed by atoms with Crippen molar-refractivity contribution in [3.8, 4) is 11.8 Å². The maximum absolute atomic E-state index is 11.2. The number of rotatable bonds is 3. The fraction of sp³-hybridized carbons (Fsp3) is 0.167. The van der Waals surface area contributed by atoms with Gasteiger partial charge in [0, 0.05) is 0 Å². The summed E-state index contributed by atoms with van der Waals surface area (Å²) in [5.74, 6) is 0.0150. The van der Waals surface area contributed by atoms with Gasteiger partial charge in [-0.2, -0.15) is 5.26 Å². The quantitative estimate of drug-likeness (QED) is 0.440. The van der Waals surface area contributed by atoms with Gasteiger partial charge in [0.2, 0.25) is 0 Å². The Hall–Kier alpha value is -2.28. The minimum absolute atomic E-state index is 0.0456. The predicted molar refractivity (Wildman–Crippen MR) is 58.6 cm³/mol. The number of carbonyl (C=O) groups excluding carboxylic acids is 1. The lowest BCUT2D eigenvalue weighted by Gasteiger charge is -2.01. The molecule has 0 aliphatic heterocycles. The molecule has 0 bridgehead atoms. The standard InChI is InChI=1S/C12H11NO3/c1-15-11-5-3-4-9(7-11)6-10(8-13)12(14)16-2/h3-7H,1-2H3/b10-6-. The first-order valence-corrected chi connectivity index (χ1v) is 4.55. The fourth-order valence-electron chi connectivity index (χ4n) is 1.14. The molecule has 0 heterocycles. The van der Waals surface area contributed by atoms with E-state index in [1.165, 1.54) is 13.2 Å². The lowest BCUT2D eigenvalue weighted by molar-refractivity contribution is -0.135. The molecule has 0 saturated heterocycles. The number of hydrogen-bond donors (Lipinski definition) is 0. The second-order valence-corrected chi connectivity index (χ2v) is 2.94. The predicted octanol–water partition coefficient (Wildman–Crippen LogP) is 1.78. The number of ether oxygens (including phenoxy) is 2. The van der Waals surface area contributed by atoms with E-state index in [1.807, 2.05) is 0 Å². The molecule has 0 atom stereocenters. The third-order valence-electron chi connectivity index (χ3n) is 1.93. The molecule has 0 unspecified atom stereocenters. The van der Waals surface area contributed by atoms with E-state index in [1.54, 1.807) is 37.4 Å². The molecule has 4 nitrogen and oxygen atoms in total. The van der Waals surface area contributed by atoms with Gasteiger partial charge in [-0.25, -0.2) is 4.79 Å². The largest absolute Gasteiger partial charge is 0.497 e. The van der Waals surface area contributed by atoms with Crippen LogP contribution >= 0.6 is 0 Å². The van der Waals surface area contributed by atoms with Crippen LogP contribution in [0.5, 0.6) is 5.75 Å². The number of esters is 1. The maximum atomic E-state index is 11.2. The Labute approximate surface area is 93.7 Å². The normalized spacial score (nSPS) is 10.4. The van der Waals surface area contributed by atoms with Gasteiger partial charge in [-0.1, -0.05) is 12.1 Å². The molecule has 1 rings (SSSR count). The molecule has 0 aromatic heterocycles. The molecule has 4 heteroatoms. The van der Waals surface area contributed by atoms with Crippen LogP contribution in [0.25, 0.3) is 6.08 Å². The Bertz CT molecular complexity index is 458. The Morgan fingerprint density at radius 1 is 1.44 bits per heavy atom. The minimum Gasteiger partial charge on any atom is -0.497 e. The first kappa shape index (κ1) is 11.8. The highest BCUT2D eigenvalue weighted by molar-refractivity contribution is 5.97. The van der Waals surface area contributed by atoms with Crippen LogP contribution in [0, 0.1) is 11.3 Å². The monoisotopic (exact) mass is 217 g/mol. The Morgan fingerprint density at radius 2 is 2.19 bits per heavy atom. The molecule has 16 heavy (non-hydrogen) atoms. The molecule has 0 spiro atoms. The van der Waals surface area contributed by atoms with E-state index in [9.17, 15) is 4.79 Å².